The second-order valence-corrected chi connectivity index (χ2v) is 5.50. The van der Waals surface area contributed by atoms with Crippen LogP contribution in [0.15, 0.2) is 24.3 Å². The third-order valence-electron chi connectivity index (χ3n) is 3.47. The lowest BCUT2D eigenvalue weighted by Crippen LogP contribution is -2.46. The first kappa shape index (κ1) is 17.3. The van der Waals surface area contributed by atoms with Gasteiger partial charge in [-0.1, -0.05) is 25.1 Å². The number of urea groups is 1. The number of carbonyl (C=O) groups is 1. The molecule has 3 N–H and O–H groups in total. The standard InChI is InChI=1S/C16H26N2O3/c1-11-7-5-6-8-15(11)21-13(3)9-17-16(20)18-14(4)12(2)10-19/h5-8,12-14,19H,9-10H2,1-4H3,(H2,17,18,20). The van der Waals surface area contributed by atoms with Crippen molar-refractivity contribution in [3.63, 3.8) is 0 Å². The smallest absolute Gasteiger partial charge is 0.315 e. The molecule has 5 nitrogen and oxygen atoms in total. The highest BCUT2D eigenvalue weighted by atomic mass is 16.5. The summed E-state index contributed by atoms with van der Waals surface area (Å²) in [6.07, 6.45) is -0.123. The third-order valence-corrected chi connectivity index (χ3v) is 3.47. The summed E-state index contributed by atoms with van der Waals surface area (Å²) in [6, 6.07) is 7.46. The molecule has 0 saturated heterocycles. The van der Waals surface area contributed by atoms with E-state index in [1.807, 2.05) is 52.0 Å². The number of benzene rings is 1. The van der Waals surface area contributed by atoms with E-state index >= 15 is 0 Å². The van der Waals surface area contributed by atoms with Crippen LogP contribution in [0.4, 0.5) is 4.79 Å². The minimum Gasteiger partial charge on any atom is -0.489 e. The van der Waals surface area contributed by atoms with Gasteiger partial charge in [0.2, 0.25) is 0 Å². The number of nitrogens with one attached hydrogen (secondary N) is 2. The van der Waals surface area contributed by atoms with Crippen molar-refractivity contribution in [1.82, 2.24) is 10.6 Å². The van der Waals surface area contributed by atoms with E-state index in [0.717, 1.165) is 11.3 Å². The van der Waals surface area contributed by atoms with Gasteiger partial charge in [-0.3, -0.25) is 0 Å². The fourth-order valence-corrected chi connectivity index (χ4v) is 1.74. The van der Waals surface area contributed by atoms with Gasteiger partial charge in [0.1, 0.15) is 11.9 Å². The number of ether oxygens (including phenoxy) is 1. The van der Waals surface area contributed by atoms with Crippen LogP contribution in [0.25, 0.3) is 0 Å². The van der Waals surface area contributed by atoms with Gasteiger partial charge in [0, 0.05) is 12.6 Å². The van der Waals surface area contributed by atoms with Gasteiger partial charge < -0.3 is 20.5 Å². The van der Waals surface area contributed by atoms with Crippen molar-refractivity contribution in [3.8, 4) is 5.75 Å². The van der Waals surface area contributed by atoms with Crippen molar-refractivity contribution in [2.45, 2.75) is 39.8 Å². The van der Waals surface area contributed by atoms with Crippen molar-refractivity contribution in [2.24, 2.45) is 5.92 Å². The van der Waals surface area contributed by atoms with Gasteiger partial charge in [-0.15, -0.1) is 0 Å². The van der Waals surface area contributed by atoms with Crippen LogP contribution in [0.3, 0.4) is 0 Å². The largest absolute Gasteiger partial charge is 0.489 e. The van der Waals surface area contributed by atoms with Gasteiger partial charge in [0.05, 0.1) is 6.54 Å². The maximum absolute atomic E-state index is 11.7. The molecule has 0 spiro atoms. The SMILES string of the molecule is Cc1ccccc1OC(C)CNC(=O)NC(C)C(C)CO. The van der Waals surface area contributed by atoms with Crippen LogP contribution in [-0.4, -0.2) is 36.4 Å². The zero-order chi connectivity index (χ0) is 15.8. The predicted octanol–water partition coefficient (Wildman–Crippen LogP) is 2.08. The van der Waals surface area contributed by atoms with Crippen LogP contribution in [0, 0.1) is 12.8 Å². The molecule has 3 atom stereocenters. The molecular formula is C16H26N2O3. The molecule has 1 rings (SSSR count). The molecule has 0 heterocycles. The summed E-state index contributed by atoms with van der Waals surface area (Å²) >= 11 is 0. The molecule has 0 aromatic heterocycles. The molecule has 1 aromatic rings. The molecule has 0 aliphatic heterocycles. The number of aryl methyl sites for hydroxylation is 1. The number of rotatable bonds is 7. The normalized spacial score (nSPS) is 14.9. The molecule has 0 bridgehead atoms. The van der Waals surface area contributed by atoms with E-state index in [4.69, 9.17) is 9.84 Å². The number of aliphatic hydroxyl groups is 1. The van der Waals surface area contributed by atoms with Gasteiger partial charge >= 0.3 is 6.03 Å². The van der Waals surface area contributed by atoms with E-state index in [1.54, 1.807) is 0 Å². The van der Waals surface area contributed by atoms with Crippen molar-refractivity contribution in [2.75, 3.05) is 13.2 Å². The quantitative estimate of drug-likeness (QED) is 0.721. The topological polar surface area (TPSA) is 70.6 Å². The molecular weight excluding hydrogens is 268 g/mol. The maximum atomic E-state index is 11.7. The van der Waals surface area contributed by atoms with E-state index in [2.05, 4.69) is 10.6 Å². The third kappa shape index (κ3) is 6.04. The molecule has 2 amide bonds. The summed E-state index contributed by atoms with van der Waals surface area (Å²) in [6.45, 7) is 8.11. The van der Waals surface area contributed by atoms with E-state index in [9.17, 15) is 4.79 Å². The molecule has 118 valence electrons. The lowest BCUT2D eigenvalue weighted by atomic mass is 10.1. The van der Waals surface area contributed by atoms with Crippen molar-refractivity contribution < 1.29 is 14.6 Å². The first-order valence-corrected chi connectivity index (χ1v) is 7.31. The number of para-hydroxylation sites is 1. The number of hydrogen-bond acceptors (Lipinski definition) is 3. The number of aliphatic hydroxyl groups excluding tert-OH is 1. The Balaban J connectivity index is 2.34. The lowest BCUT2D eigenvalue weighted by molar-refractivity contribution is 0.191. The van der Waals surface area contributed by atoms with E-state index in [0.29, 0.717) is 6.54 Å². The van der Waals surface area contributed by atoms with Crippen molar-refractivity contribution in [3.05, 3.63) is 29.8 Å². The summed E-state index contributed by atoms with van der Waals surface area (Å²) in [5.41, 5.74) is 1.07. The molecule has 21 heavy (non-hydrogen) atoms. The minimum atomic E-state index is -0.247. The average molecular weight is 294 g/mol. The zero-order valence-electron chi connectivity index (χ0n) is 13.2. The van der Waals surface area contributed by atoms with E-state index in [1.165, 1.54) is 0 Å². The number of amides is 2. The summed E-state index contributed by atoms with van der Waals surface area (Å²) < 4.78 is 5.79. The lowest BCUT2D eigenvalue weighted by Gasteiger charge is -2.21. The van der Waals surface area contributed by atoms with Crippen LogP contribution >= 0.6 is 0 Å². The second kappa shape index (κ2) is 8.52. The highest BCUT2D eigenvalue weighted by Gasteiger charge is 2.14. The average Bonchev–Trinajstić information content (AvgIpc) is 2.46. The second-order valence-electron chi connectivity index (χ2n) is 5.50. The Morgan fingerprint density at radius 1 is 1.29 bits per heavy atom. The summed E-state index contributed by atoms with van der Waals surface area (Å²) in [7, 11) is 0. The number of hydrogen-bond donors (Lipinski definition) is 3. The molecule has 1 aromatic carbocycles. The molecule has 0 saturated carbocycles. The van der Waals surface area contributed by atoms with Gasteiger partial charge in [0.15, 0.2) is 0 Å². The van der Waals surface area contributed by atoms with Crippen LogP contribution in [0.5, 0.6) is 5.75 Å². The van der Waals surface area contributed by atoms with Crippen LogP contribution in [0.2, 0.25) is 0 Å². The summed E-state index contributed by atoms with van der Waals surface area (Å²) in [5.74, 6) is 0.853. The van der Waals surface area contributed by atoms with Gasteiger partial charge in [0.25, 0.3) is 0 Å². The predicted molar refractivity (Wildman–Crippen MR) is 83.5 cm³/mol. The Labute approximate surface area is 126 Å². The minimum absolute atomic E-state index is 0.0244. The van der Waals surface area contributed by atoms with E-state index < -0.39 is 0 Å². The first-order valence-electron chi connectivity index (χ1n) is 7.31. The molecule has 5 heteroatoms. The monoisotopic (exact) mass is 294 g/mol. The zero-order valence-corrected chi connectivity index (χ0v) is 13.2. The highest BCUT2D eigenvalue weighted by Crippen LogP contribution is 2.17. The Morgan fingerprint density at radius 3 is 2.57 bits per heavy atom. The maximum Gasteiger partial charge on any atom is 0.315 e. The Kier molecular flexibility index (Phi) is 7.02. The van der Waals surface area contributed by atoms with Crippen molar-refractivity contribution >= 4 is 6.03 Å². The summed E-state index contributed by atoms with van der Waals surface area (Å²) in [5, 5.41) is 14.6. The fraction of sp³-hybridized carbons (Fsp3) is 0.562. The molecule has 0 radical (unpaired) electrons. The molecule has 0 fully saturated rings. The fourth-order valence-electron chi connectivity index (χ4n) is 1.74. The Morgan fingerprint density at radius 2 is 1.95 bits per heavy atom. The first-order chi connectivity index (χ1) is 9.93. The highest BCUT2D eigenvalue weighted by molar-refractivity contribution is 5.74. The van der Waals surface area contributed by atoms with Gasteiger partial charge in [-0.25, -0.2) is 4.79 Å². The molecule has 3 unspecified atom stereocenters. The molecule has 0 aliphatic carbocycles. The van der Waals surface area contributed by atoms with Gasteiger partial charge in [-0.2, -0.15) is 0 Å². The van der Waals surface area contributed by atoms with Crippen LogP contribution < -0.4 is 15.4 Å². The van der Waals surface area contributed by atoms with Crippen LogP contribution in [-0.2, 0) is 0 Å². The number of carbonyl (C=O) groups excluding carboxylic acids is 1. The Bertz CT molecular complexity index is 451. The van der Waals surface area contributed by atoms with Gasteiger partial charge in [-0.05, 0) is 38.3 Å². The van der Waals surface area contributed by atoms with E-state index in [-0.39, 0.29) is 30.7 Å². The summed E-state index contributed by atoms with van der Waals surface area (Å²) in [4.78, 5) is 11.7. The molecule has 0 aliphatic rings. The van der Waals surface area contributed by atoms with Crippen LogP contribution in [0.1, 0.15) is 26.3 Å². The Hall–Kier alpha value is -1.75. The van der Waals surface area contributed by atoms with Crippen molar-refractivity contribution in [1.29, 1.82) is 0 Å².